The van der Waals surface area contributed by atoms with Crippen molar-refractivity contribution >= 4 is 190 Å². The third-order valence-corrected chi connectivity index (χ3v) is 13.6. The van der Waals surface area contributed by atoms with E-state index in [2.05, 4.69) is 199 Å². The summed E-state index contributed by atoms with van der Waals surface area (Å²) in [5.41, 5.74) is 24.2. The molecule has 3 heterocycles. The van der Waals surface area contributed by atoms with Crippen LogP contribution in [0.1, 0.15) is 0 Å². The van der Waals surface area contributed by atoms with Crippen LogP contribution in [0.4, 0.5) is 0 Å². The molecule has 7 aromatic carbocycles. The van der Waals surface area contributed by atoms with Crippen molar-refractivity contribution in [2.45, 2.75) is 0 Å². The lowest BCUT2D eigenvalue weighted by atomic mass is 9.59. The molecular formula is C45H40B11N5. The van der Waals surface area contributed by atoms with Gasteiger partial charge in [-0.3, -0.25) is 4.57 Å². The van der Waals surface area contributed by atoms with Gasteiger partial charge in [0, 0.05) is 49.4 Å². The van der Waals surface area contributed by atoms with E-state index in [1.54, 1.807) is 0 Å². The number of hydrogen-bond donors (Lipinski definition) is 0. The molecule has 5 nitrogen and oxygen atoms in total. The Labute approximate surface area is 367 Å². The van der Waals surface area contributed by atoms with E-state index < -0.39 is 0 Å². The highest BCUT2D eigenvalue weighted by molar-refractivity contribution is 6.69. The third-order valence-electron chi connectivity index (χ3n) is 13.6. The average molecular weight is 770 g/mol. The third kappa shape index (κ3) is 5.96. The highest BCUT2D eigenvalue weighted by Gasteiger charge is 2.27. The van der Waals surface area contributed by atoms with Gasteiger partial charge in [0.2, 0.25) is 5.95 Å². The second-order valence-electron chi connectivity index (χ2n) is 17.4. The molecule has 0 radical (unpaired) electrons. The van der Waals surface area contributed by atoms with E-state index in [1.165, 1.54) is 104 Å². The fourth-order valence-corrected chi connectivity index (χ4v) is 10.3. The van der Waals surface area contributed by atoms with E-state index in [9.17, 15) is 0 Å². The van der Waals surface area contributed by atoms with Gasteiger partial charge in [0.1, 0.15) is 86.3 Å². The number of rotatable bonds is 5. The van der Waals surface area contributed by atoms with Crippen molar-refractivity contribution in [3.05, 3.63) is 109 Å². The monoisotopic (exact) mass is 771 g/mol. The number of benzene rings is 7. The van der Waals surface area contributed by atoms with Gasteiger partial charge in [-0.05, 0) is 29.3 Å². The zero-order valence-corrected chi connectivity index (χ0v) is 37.1. The summed E-state index contributed by atoms with van der Waals surface area (Å²) >= 11 is 0. The van der Waals surface area contributed by atoms with E-state index >= 15 is 0 Å². The molecule has 0 amide bonds. The quantitative estimate of drug-likeness (QED) is 0.164. The average Bonchev–Trinajstić information content (AvgIpc) is 3.78. The Hall–Kier alpha value is -6.14. The maximum Gasteiger partial charge on any atom is 0.238 e. The Morgan fingerprint density at radius 1 is 0.361 bits per heavy atom. The van der Waals surface area contributed by atoms with Gasteiger partial charge in [-0.15, -0.1) is 16.4 Å². The molecule has 0 fully saturated rings. The first-order valence-corrected chi connectivity index (χ1v) is 21.4. The molecule has 10 aromatic rings. The number of aromatic nitrogens is 5. The van der Waals surface area contributed by atoms with Crippen LogP contribution in [0.5, 0.6) is 0 Å². The largest absolute Gasteiger partial charge is 0.310 e. The molecule has 0 aliphatic rings. The van der Waals surface area contributed by atoms with Gasteiger partial charge in [0.05, 0.1) is 11.0 Å². The smallest absolute Gasteiger partial charge is 0.238 e. The standard InChI is InChI=1S/C45H40B11N5/c46-22-15-25-30-31-26-16-23(47)18-28(49)40(26)61(42(31)38(56)37(55)41(30)60(39(25)27(48)17-22)24-12-5-2-6-13-24)45-58-43(19-8-3-1-4-9-19)57-44(59-45)21-11-7-10-20(14-21)29-32(50)34(52)36(54)35(53)33(29)51/h1-18H,46-56H2. The molecule has 0 N–H and O–H groups in total. The fraction of sp³-hybridized carbons (Fsp3) is 0. The lowest BCUT2D eigenvalue weighted by molar-refractivity contribution is 0.956. The van der Waals surface area contributed by atoms with Gasteiger partial charge in [-0.2, -0.15) is 9.97 Å². The molecule has 0 spiro atoms. The van der Waals surface area contributed by atoms with Crippen molar-refractivity contribution in [2.75, 3.05) is 0 Å². The lowest BCUT2D eigenvalue weighted by Crippen LogP contribution is -2.55. The SMILES string of the molecule is Bc1cc(B)c2c(c1)c1c3c4cc(B)cc(B)c4n(-c4nc(-c5ccccc5)nc(-c5cccc(-c6c(B)c(B)c(B)c(B)c6B)c5)n4)c3c(B)c(B)c1n2-c1ccccc1. The van der Waals surface area contributed by atoms with Gasteiger partial charge in [-0.25, -0.2) is 4.98 Å². The van der Waals surface area contributed by atoms with Gasteiger partial charge < -0.3 is 4.57 Å². The van der Waals surface area contributed by atoms with Crippen LogP contribution in [-0.2, 0) is 0 Å². The van der Waals surface area contributed by atoms with E-state index in [4.69, 9.17) is 15.0 Å². The van der Waals surface area contributed by atoms with Crippen molar-refractivity contribution in [1.82, 2.24) is 24.1 Å². The van der Waals surface area contributed by atoms with Gasteiger partial charge in [0.15, 0.2) is 11.6 Å². The Bertz CT molecular complexity index is 3470. The van der Waals surface area contributed by atoms with Crippen molar-refractivity contribution in [1.29, 1.82) is 0 Å². The second-order valence-corrected chi connectivity index (χ2v) is 17.4. The summed E-state index contributed by atoms with van der Waals surface area (Å²) in [5, 5.41) is 4.95. The minimum absolute atomic E-state index is 0.608. The predicted octanol–water partition coefficient (Wildman–Crippen LogP) is -8.09. The van der Waals surface area contributed by atoms with Gasteiger partial charge >= 0.3 is 0 Å². The molecule has 0 aliphatic heterocycles. The number of para-hydroxylation sites is 1. The van der Waals surface area contributed by atoms with Crippen LogP contribution in [0.15, 0.2) is 109 Å². The topological polar surface area (TPSA) is 48.5 Å². The number of fused-ring (bicyclic) bond motifs is 7. The summed E-state index contributed by atoms with van der Waals surface area (Å²) in [7, 11) is 24.7. The first-order chi connectivity index (χ1) is 29.3. The summed E-state index contributed by atoms with van der Waals surface area (Å²) in [5.74, 6) is 1.89. The molecule has 0 bridgehead atoms. The van der Waals surface area contributed by atoms with E-state index in [0.29, 0.717) is 17.6 Å². The molecular weight excluding hydrogens is 729 g/mol. The minimum atomic E-state index is 0.608. The Balaban J connectivity index is 1.35. The fourth-order valence-electron chi connectivity index (χ4n) is 10.3. The van der Waals surface area contributed by atoms with Crippen LogP contribution >= 0.6 is 0 Å². The van der Waals surface area contributed by atoms with E-state index in [1.807, 2.05) is 6.07 Å². The van der Waals surface area contributed by atoms with Crippen molar-refractivity contribution in [3.8, 4) is 45.5 Å². The van der Waals surface area contributed by atoms with E-state index in [0.717, 1.165) is 27.8 Å². The maximum absolute atomic E-state index is 5.49. The van der Waals surface area contributed by atoms with Crippen LogP contribution in [0.3, 0.4) is 0 Å². The molecule has 0 saturated heterocycles. The first kappa shape index (κ1) is 39.0. The van der Waals surface area contributed by atoms with Crippen LogP contribution < -0.4 is 60.1 Å². The summed E-state index contributed by atoms with van der Waals surface area (Å²) in [4.78, 5) is 16.2. The van der Waals surface area contributed by atoms with Gasteiger partial charge in [-0.1, -0.05) is 135 Å². The second kappa shape index (κ2) is 14.5. The highest BCUT2D eigenvalue weighted by atomic mass is 15.2. The van der Waals surface area contributed by atoms with Crippen molar-refractivity contribution in [2.24, 2.45) is 0 Å². The molecule has 61 heavy (non-hydrogen) atoms. The molecule has 0 atom stereocenters. The Morgan fingerprint density at radius 2 is 0.820 bits per heavy atom. The maximum atomic E-state index is 5.49. The summed E-state index contributed by atoms with van der Waals surface area (Å²) < 4.78 is 4.84. The zero-order chi connectivity index (χ0) is 42.6. The predicted molar refractivity (Wildman–Crippen MR) is 295 cm³/mol. The van der Waals surface area contributed by atoms with E-state index in [-0.39, 0.29) is 0 Å². The molecule has 0 saturated carbocycles. The molecule has 16 heteroatoms. The molecule has 0 unspecified atom stereocenters. The van der Waals surface area contributed by atoms with Crippen LogP contribution in [-0.4, -0.2) is 110 Å². The minimum Gasteiger partial charge on any atom is -0.310 e. The number of hydrogen-bond acceptors (Lipinski definition) is 3. The summed E-state index contributed by atoms with van der Waals surface area (Å²) in [6.45, 7) is 0. The van der Waals surface area contributed by atoms with Crippen LogP contribution in [0.2, 0.25) is 0 Å². The molecule has 3 aromatic heterocycles. The van der Waals surface area contributed by atoms with Crippen LogP contribution in [0.25, 0.3) is 89.2 Å². The highest BCUT2D eigenvalue weighted by Crippen LogP contribution is 2.40. The van der Waals surface area contributed by atoms with Crippen molar-refractivity contribution in [3.63, 3.8) is 0 Å². The van der Waals surface area contributed by atoms with Gasteiger partial charge in [0.25, 0.3) is 0 Å². The molecule has 278 valence electrons. The first-order valence-electron chi connectivity index (χ1n) is 21.4. The van der Waals surface area contributed by atoms with Crippen molar-refractivity contribution < 1.29 is 0 Å². The number of nitrogens with zero attached hydrogens (tertiary/aromatic N) is 5. The Kier molecular flexibility index (Phi) is 9.28. The lowest BCUT2D eigenvalue weighted by Gasteiger charge is -2.21. The summed E-state index contributed by atoms with van der Waals surface area (Å²) in [6.07, 6.45) is 0. The molecule has 0 aliphatic carbocycles. The molecule has 10 rings (SSSR count). The zero-order valence-electron chi connectivity index (χ0n) is 37.1. The normalized spacial score (nSPS) is 11.7. The Morgan fingerprint density at radius 3 is 1.39 bits per heavy atom. The summed E-state index contributed by atoms with van der Waals surface area (Å²) in [6, 6.07) is 39.3. The van der Waals surface area contributed by atoms with Crippen LogP contribution in [0, 0.1) is 0 Å².